The number of carbonyl (C=O) groups excluding carboxylic acids is 1. The van der Waals surface area contributed by atoms with Crippen LogP contribution in [0.4, 0.5) is 0 Å². The molecule has 1 heterocycles. The van der Waals surface area contributed by atoms with E-state index in [-0.39, 0.29) is 5.91 Å². The van der Waals surface area contributed by atoms with Crippen molar-refractivity contribution in [2.75, 3.05) is 13.1 Å². The van der Waals surface area contributed by atoms with Gasteiger partial charge in [0.25, 0.3) is 0 Å². The Labute approximate surface area is 107 Å². The molecule has 0 aromatic carbocycles. The second-order valence-electron chi connectivity index (χ2n) is 4.50. The first-order valence-corrected chi connectivity index (χ1v) is 7.23. The number of nitrogens with one attached hydrogen (secondary N) is 2. The van der Waals surface area contributed by atoms with Crippen molar-refractivity contribution < 1.29 is 4.79 Å². The summed E-state index contributed by atoms with van der Waals surface area (Å²) in [7, 11) is 0. The van der Waals surface area contributed by atoms with Crippen LogP contribution in [0.3, 0.4) is 0 Å². The van der Waals surface area contributed by atoms with Crippen molar-refractivity contribution >= 4 is 17.2 Å². The molecule has 3 nitrogen and oxygen atoms in total. The first kappa shape index (κ1) is 12.6. The summed E-state index contributed by atoms with van der Waals surface area (Å²) in [5.74, 6) is 0.547. The minimum atomic E-state index is 0.232. The molecular weight excluding hydrogens is 232 g/mol. The zero-order valence-corrected chi connectivity index (χ0v) is 11.1. The van der Waals surface area contributed by atoms with E-state index in [9.17, 15) is 4.79 Å². The first-order chi connectivity index (χ1) is 8.31. The Bertz CT molecular complexity index is 346. The molecule has 17 heavy (non-hydrogen) atoms. The summed E-state index contributed by atoms with van der Waals surface area (Å²) in [6.07, 6.45) is 3.23. The van der Waals surface area contributed by atoms with Gasteiger partial charge < -0.3 is 10.6 Å². The van der Waals surface area contributed by atoms with Crippen molar-refractivity contribution in [3.8, 4) is 0 Å². The van der Waals surface area contributed by atoms with Crippen molar-refractivity contribution in [1.29, 1.82) is 0 Å². The maximum Gasteiger partial charge on any atom is 0.223 e. The molecule has 1 fully saturated rings. The number of rotatable bonds is 7. The Hall–Kier alpha value is -0.870. The Morgan fingerprint density at radius 3 is 2.94 bits per heavy atom. The molecule has 0 aliphatic heterocycles. The third-order valence-electron chi connectivity index (χ3n) is 3.06. The van der Waals surface area contributed by atoms with Crippen LogP contribution < -0.4 is 10.6 Å². The third-order valence-corrected chi connectivity index (χ3v) is 4.04. The van der Waals surface area contributed by atoms with Gasteiger partial charge >= 0.3 is 0 Å². The highest BCUT2D eigenvalue weighted by Gasteiger charge is 2.28. The fourth-order valence-corrected chi connectivity index (χ4v) is 2.74. The molecule has 1 aromatic rings. The van der Waals surface area contributed by atoms with E-state index in [4.69, 9.17) is 0 Å². The van der Waals surface area contributed by atoms with E-state index in [0.29, 0.717) is 12.0 Å². The summed E-state index contributed by atoms with van der Waals surface area (Å²) < 4.78 is 0. The molecule has 1 aromatic heterocycles. The Kier molecular flexibility index (Phi) is 4.57. The minimum Gasteiger partial charge on any atom is -0.355 e. The van der Waals surface area contributed by atoms with Gasteiger partial charge in [-0.25, -0.2) is 0 Å². The van der Waals surface area contributed by atoms with Crippen LogP contribution in [0.1, 0.15) is 37.1 Å². The predicted molar refractivity (Wildman–Crippen MR) is 71.1 cm³/mol. The summed E-state index contributed by atoms with van der Waals surface area (Å²) in [5.41, 5.74) is 0. The van der Waals surface area contributed by atoms with Crippen LogP contribution in [0.25, 0.3) is 0 Å². The SMILES string of the molecule is CCC(NCCNC(=O)C1CC1)c1cccs1. The Balaban J connectivity index is 1.64. The first-order valence-electron chi connectivity index (χ1n) is 6.35. The topological polar surface area (TPSA) is 41.1 Å². The van der Waals surface area contributed by atoms with Crippen molar-refractivity contribution in [2.24, 2.45) is 5.92 Å². The highest BCUT2D eigenvalue weighted by molar-refractivity contribution is 7.10. The normalized spacial score (nSPS) is 16.8. The molecule has 1 aliphatic carbocycles. The quantitative estimate of drug-likeness (QED) is 0.731. The minimum absolute atomic E-state index is 0.232. The van der Waals surface area contributed by atoms with Crippen LogP contribution >= 0.6 is 11.3 Å². The molecule has 0 spiro atoms. The number of amides is 1. The summed E-state index contributed by atoms with van der Waals surface area (Å²) in [6, 6.07) is 4.67. The lowest BCUT2D eigenvalue weighted by molar-refractivity contribution is -0.122. The van der Waals surface area contributed by atoms with Crippen LogP contribution in [0.15, 0.2) is 17.5 Å². The molecule has 94 valence electrons. The van der Waals surface area contributed by atoms with Gasteiger partial charge in [-0.2, -0.15) is 0 Å². The largest absolute Gasteiger partial charge is 0.355 e. The van der Waals surface area contributed by atoms with E-state index in [1.807, 2.05) is 0 Å². The standard InChI is InChI=1S/C13H20N2OS/c1-2-11(12-4-3-9-17-12)14-7-8-15-13(16)10-5-6-10/h3-4,9-11,14H,2,5-8H2,1H3,(H,15,16). The Morgan fingerprint density at radius 2 is 2.35 bits per heavy atom. The average Bonchev–Trinajstić information content (AvgIpc) is 3.06. The van der Waals surface area contributed by atoms with Crippen LogP contribution in [-0.2, 0) is 4.79 Å². The van der Waals surface area contributed by atoms with Gasteiger partial charge in [0.15, 0.2) is 0 Å². The molecular formula is C13H20N2OS. The van der Waals surface area contributed by atoms with Crippen LogP contribution in [0, 0.1) is 5.92 Å². The lowest BCUT2D eigenvalue weighted by Crippen LogP contribution is -2.34. The average molecular weight is 252 g/mol. The molecule has 2 N–H and O–H groups in total. The number of hydrogen-bond donors (Lipinski definition) is 2. The van der Waals surface area contributed by atoms with Gasteiger partial charge in [0.05, 0.1) is 0 Å². The second kappa shape index (κ2) is 6.17. The van der Waals surface area contributed by atoms with E-state index >= 15 is 0 Å². The van der Waals surface area contributed by atoms with Gasteiger partial charge in [0, 0.05) is 29.9 Å². The molecule has 1 atom stereocenters. The summed E-state index contributed by atoms with van der Waals surface area (Å²) in [6.45, 7) is 3.76. The van der Waals surface area contributed by atoms with Crippen molar-refractivity contribution in [3.05, 3.63) is 22.4 Å². The molecule has 1 amide bonds. The molecule has 0 radical (unpaired) electrons. The van der Waals surface area contributed by atoms with Gasteiger partial charge in [0.1, 0.15) is 0 Å². The van der Waals surface area contributed by atoms with E-state index in [1.54, 1.807) is 11.3 Å². The summed E-state index contributed by atoms with van der Waals surface area (Å²) in [5, 5.41) is 8.56. The van der Waals surface area contributed by atoms with Crippen LogP contribution in [0.2, 0.25) is 0 Å². The molecule has 0 saturated heterocycles. The van der Waals surface area contributed by atoms with E-state index in [1.165, 1.54) is 4.88 Å². The van der Waals surface area contributed by atoms with E-state index < -0.39 is 0 Å². The van der Waals surface area contributed by atoms with Crippen LogP contribution in [-0.4, -0.2) is 19.0 Å². The van der Waals surface area contributed by atoms with Gasteiger partial charge in [-0.1, -0.05) is 13.0 Å². The van der Waals surface area contributed by atoms with Crippen molar-refractivity contribution in [2.45, 2.75) is 32.2 Å². The zero-order valence-electron chi connectivity index (χ0n) is 10.2. The Morgan fingerprint density at radius 1 is 1.53 bits per heavy atom. The smallest absolute Gasteiger partial charge is 0.223 e. The van der Waals surface area contributed by atoms with Gasteiger partial charge in [-0.15, -0.1) is 11.3 Å². The summed E-state index contributed by atoms with van der Waals surface area (Å²) in [4.78, 5) is 12.8. The van der Waals surface area contributed by atoms with Gasteiger partial charge in [-0.3, -0.25) is 4.79 Å². The maximum atomic E-state index is 11.4. The van der Waals surface area contributed by atoms with Crippen molar-refractivity contribution in [1.82, 2.24) is 10.6 Å². The van der Waals surface area contributed by atoms with Gasteiger partial charge in [0.2, 0.25) is 5.91 Å². The molecule has 0 bridgehead atoms. The summed E-state index contributed by atoms with van der Waals surface area (Å²) >= 11 is 1.78. The fourth-order valence-electron chi connectivity index (χ4n) is 1.86. The number of thiophene rings is 1. The maximum absolute atomic E-state index is 11.4. The van der Waals surface area contributed by atoms with Gasteiger partial charge in [-0.05, 0) is 30.7 Å². The lowest BCUT2D eigenvalue weighted by Gasteiger charge is -2.15. The molecule has 4 heteroatoms. The number of carbonyl (C=O) groups is 1. The third kappa shape index (κ3) is 3.82. The zero-order chi connectivity index (χ0) is 12.1. The molecule has 2 rings (SSSR count). The highest BCUT2D eigenvalue weighted by Crippen LogP contribution is 2.28. The predicted octanol–water partition coefficient (Wildman–Crippen LogP) is 2.32. The molecule has 1 unspecified atom stereocenters. The molecule has 1 saturated carbocycles. The highest BCUT2D eigenvalue weighted by atomic mass is 32.1. The monoisotopic (exact) mass is 252 g/mol. The number of hydrogen-bond acceptors (Lipinski definition) is 3. The fraction of sp³-hybridized carbons (Fsp3) is 0.615. The van der Waals surface area contributed by atoms with Crippen LogP contribution in [0.5, 0.6) is 0 Å². The molecule has 1 aliphatic rings. The van der Waals surface area contributed by atoms with E-state index in [0.717, 1.165) is 32.4 Å². The van der Waals surface area contributed by atoms with E-state index in [2.05, 4.69) is 35.1 Å². The lowest BCUT2D eigenvalue weighted by atomic mass is 10.2. The van der Waals surface area contributed by atoms with Crippen molar-refractivity contribution in [3.63, 3.8) is 0 Å². The second-order valence-corrected chi connectivity index (χ2v) is 5.47.